The molecule has 26 heavy (non-hydrogen) atoms. The summed E-state index contributed by atoms with van der Waals surface area (Å²) in [6, 6.07) is 0.667. The molecule has 144 valence electrons. The highest BCUT2D eigenvalue weighted by Crippen LogP contribution is 2.33. The van der Waals surface area contributed by atoms with Gasteiger partial charge in [0.05, 0.1) is 23.6 Å². The molecule has 1 fully saturated rings. The summed E-state index contributed by atoms with van der Waals surface area (Å²) in [6.07, 6.45) is 3.30. The van der Waals surface area contributed by atoms with Crippen LogP contribution in [0.25, 0.3) is 0 Å². The molecule has 1 aliphatic rings. The molecular weight excluding hydrogens is 354 g/mol. The minimum atomic E-state index is -0.628. The molecule has 2 rings (SSSR count). The van der Waals surface area contributed by atoms with Gasteiger partial charge in [-0.3, -0.25) is 14.5 Å². The van der Waals surface area contributed by atoms with Crippen LogP contribution in [0, 0.1) is 6.92 Å². The highest BCUT2D eigenvalue weighted by molar-refractivity contribution is 7.18. The lowest BCUT2D eigenvalue weighted by atomic mass is 9.97. The van der Waals surface area contributed by atoms with Gasteiger partial charge in [-0.15, -0.1) is 11.3 Å². The number of esters is 1. The van der Waals surface area contributed by atoms with E-state index in [4.69, 9.17) is 10.5 Å². The average Bonchev–Trinajstić information content (AvgIpc) is 2.88. The summed E-state index contributed by atoms with van der Waals surface area (Å²) < 4.78 is 5.06. The lowest BCUT2D eigenvalue weighted by Gasteiger charge is -2.38. The van der Waals surface area contributed by atoms with Crippen molar-refractivity contribution < 1.29 is 19.1 Å². The third-order valence-corrected chi connectivity index (χ3v) is 6.03. The van der Waals surface area contributed by atoms with Gasteiger partial charge in [0, 0.05) is 12.1 Å². The van der Waals surface area contributed by atoms with Gasteiger partial charge in [-0.25, -0.2) is 4.79 Å². The topological polar surface area (TPSA) is 102 Å². The van der Waals surface area contributed by atoms with E-state index >= 15 is 0 Å². The first-order valence-corrected chi connectivity index (χ1v) is 9.73. The van der Waals surface area contributed by atoms with Gasteiger partial charge in [-0.2, -0.15) is 0 Å². The Morgan fingerprint density at radius 1 is 1.27 bits per heavy atom. The molecule has 0 aliphatic carbocycles. The summed E-state index contributed by atoms with van der Waals surface area (Å²) in [6.45, 7) is 8.02. The first-order valence-electron chi connectivity index (χ1n) is 8.92. The van der Waals surface area contributed by atoms with Gasteiger partial charge in [0.15, 0.2) is 0 Å². The van der Waals surface area contributed by atoms with Crippen molar-refractivity contribution in [3.8, 4) is 0 Å². The number of thiophene rings is 1. The standard InChI is InChI=1S/C18H27N3O4S/c1-5-25-18(24)14-12(4)15(16(19)23)26-17(14)20-13(22)9-21-10(2)7-6-8-11(21)3/h10-11H,5-9H2,1-4H3,(H2,19,23)(H,20,22). The highest BCUT2D eigenvalue weighted by Gasteiger charge is 2.29. The minimum Gasteiger partial charge on any atom is -0.462 e. The zero-order valence-electron chi connectivity index (χ0n) is 15.8. The molecule has 2 heterocycles. The molecular formula is C18H27N3O4S. The van der Waals surface area contributed by atoms with Crippen LogP contribution in [-0.2, 0) is 9.53 Å². The molecule has 0 spiro atoms. The van der Waals surface area contributed by atoms with Crippen molar-refractivity contribution in [2.75, 3.05) is 18.5 Å². The number of anilines is 1. The molecule has 1 saturated heterocycles. The van der Waals surface area contributed by atoms with Crippen molar-refractivity contribution >= 4 is 34.1 Å². The molecule has 1 aromatic rings. The van der Waals surface area contributed by atoms with Gasteiger partial charge in [-0.1, -0.05) is 6.42 Å². The number of carbonyl (C=O) groups is 3. The Hall–Kier alpha value is -1.93. The Kier molecular flexibility index (Phi) is 6.77. The fourth-order valence-corrected chi connectivity index (χ4v) is 4.47. The van der Waals surface area contributed by atoms with Crippen LogP contribution in [0.2, 0.25) is 0 Å². The number of primary amides is 1. The van der Waals surface area contributed by atoms with Crippen molar-refractivity contribution in [2.24, 2.45) is 5.73 Å². The number of carbonyl (C=O) groups excluding carboxylic acids is 3. The van der Waals surface area contributed by atoms with Crippen molar-refractivity contribution in [3.63, 3.8) is 0 Å². The van der Waals surface area contributed by atoms with E-state index in [1.165, 1.54) is 6.42 Å². The molecule has 0 bridgehead atoms. The van der Waals surface area contributed by atoms with E-state index in [-0.39, 0.29) is 29.5 Å². The van der Waals surface area contributed by atoms with Gasteiger partial charge >= 0.3 is 5.97 Å². The minimum absolute atomic E-state index is 0.205. The second-order valence-corrected chi connectivity index (χ2v) is 7.72. The number of nitrogens with one attached hydrogen (secondary N) is 1. The van der Waals surface area contributed by atoms with Crippen LogP contribution in [0.4, 0.5) is 5.00 Å². The third kappa shape index (κ3) is 4.42. The number of nitrogens with two attached hydrogens (primary N) is 1. The van der Waals surface area contributed by atoms with Gasteiger partial charge in [-0.05, 0) is 46.1 Å². The number of nitrogens with zero attached hydrogens (tertiary/aromatic N) is 1. The Labute approximate surface area is 157 Å². The smallest absolute Gasteiger partial charge is 0.341 e. The molecule has 2 amide bonds. The molecule has 2 unspecified atom stereocenters. The van der Waals surface area contributed by atoms with Crippen LogP contribution in [-0.4, -0.2) is 47.9 Å². The maximum Gasteiger partial charge on any atom is 0.341 e. The zero-order valence-corrected chi connectivity index (χ0v) is 16.6. The number of rotatable bonds is 6. The van der Waals surface area contributed by atoms with Crippen LogP contribution >= 0.6 is 11.3 Å². The van der Waals surface area contributed by atoms with Crippen molar-refractivity contribution in [3.05, 3.63) is 16.0 Å². The SMILES string of the molecule is CCOC(=O)c1c(NC(=O)CN2C(C)CCCC2C)sc(C(N)=O)c1C. The van der Waals surface area contributed by atoms with Crippen LogP contribution in [0.15, 0.2) is 0 Å². The Balaban J connectivity index is 2.21. The predicted octanol–water partition coefficient (Wildman–Crippen LogP) is 2.53. The molecule has 8 heteroatoms. The Bertz CT molecular complexity index is 691. The second kappa shape index (κ2) is 8.64. The fraction of sp³-hybridized carbons (Fsp3) is 0.611. The van der Waals surface area contributed by atoms with E-state index in [1.807, 2.05) is 0 Å². The predicted molar refractivity (Wildman–Crippen MR) is 102 cm³/mol. The summed E-state index contributed by atoms with van der Waals surface area (Å²) in [4.78, 5) is 38.9. The molecule has 1 aromatic heterocycles. The maximum atomic E-state index is 12.6. The zero-order chi connectivity index (χ0) is 19.4. The second-order valence-electron chi connectivity index (χ2n) is 6.69. The summed E-state index contributed by atoms with van der Waals surface area (Å²) in [5, 5.41) is 3.10. The number of hydrogen-bond donors (Lipinski definition) is 2. The lowest BCUT2D eigenvalue weighted by Crippen LogP contribution is -2.47. The first-order chi connectivity index (χ1) is 12.3. The van der Waals surface area contributed by atoms with Gasteiger partial charge in [0.25, 0.3) is 5.91 Å². The number of likely N-dealkylation sites (tertiary alicyclic amines) is 1. The molecule has 7 nitrogen and oxygen atoms in total. The maximum absolute atomic E-state index is 12.6. The van der Waals surface area contributed by atoms with Crippen LogP contribution < -0.4 is 11.1 Å². The van der Waals surface area contributed by atoms with E-state index < -0.39 is 11.9 Å². The molecule has 3 N–H and O–H groups in total. The first kappa shape index (κ1) is 20.4. The summed E-state index contributed by atoms with van der Waals surface area (Å²) in [5.41, 5.74) is 6.03. The third-order valence-electron chi connectivity index (χ3n) is 4.81. The summed E-state index contributed by atoms with van der Waals surface area (Å²) in [5.74, 6) is -1.41. The number of piperidine rings is 1. The highest BCUT2D eigenvalue weighted by atomic mass is 32.1. The summed E-state index contributed by atoms with van der Waals surface area (Å²) >= 11 is 1.01. The van der Waals surface area contributed by atoms with Crippen LogP contribution in [0.5, 0.6) is 0 Å². The van der Waals surface area contributed by atoms with E-state index in [0.29, 0.717) is 22.6 Å². The van der Waals surface area contributed by atoms with E-state index in [1.54, 1.807) is 13.8 Å². The van der Waals surface area contributed by atoms with E-state index in [2.05, 4.69) is 24.1 Å². The quantitative estimate of drug-likeness (QED) is 0.737. The molecule has 1 aliphatic heterocycles. The molecule has 0 saturated carbocycles. The van der Waals surface area contributed by atoms with Crippen LogP contribution in [0.1, 0.15) is 65.6 Å². The molecule has 0 aromatic carbocycles. The lowest BCUT2D eigenvalue weighted by molar-refractivity contribution is -0.118. The monoisotopic (exact) mass is 381 g/mol. The van der Waals surface area contributed by atoms with E-state index in [9.17, 15) is 14.4 Å². The number of ether oxygens (including phenoxy) is 1. The van der Waals surface area contributed by atoms with E-state index in [0.717, 1.165) is 24.2 Å². The number of amides is 2. The van der Waals surface area contributed by atoms with Gasteiger partial charge in [0.1, 0.15) is 5.00 Å². The normalized spacial score (nSPS) is 20.6. The van der Waals surface area contributed by atoms with Gasteiger partial charge < -0.3 is 15.8 Å². The Morgan fingerprint density at radius 3 is 2.42 bits per heavy atom. The van der Waals surface area contributed by atoms with Crippen molar-refractivity contribution in [2.45, 2.75) is 59.0 Å². The average molecular weight is 381 g/mol. The van der Waals surface area contributed by atoms with Crippen LogP contribution in [0.3, 0.4) is 0 Å². The van der Waals surface area contributed by atoms with Crippen molar-refractivity contribution in [1.29, 1.82) is 0 Å². The largest absolute Gasteiger partial charge is 0.462 e. The summed E-state index contributed by atoms with van der Waals surface area (Å²) in [7, 11) is 0. The Morgan fingerprint density at radius 2 is 1.88 bits per heavy atom. The van der Waals surface area contributed by atoms with Crippen molar-refractivity contribution in [1.82, 2.24) is 4.90 Å². The molecule has 2 atom stereocenters. The fourth-order valence-electron chi connectivity index (χ4n) is 3.40. The molecule has 0 radical (unpaired) electrons. The number of hydrogen-bond acceptors (Lipinski definition) is 6. The van der Waals surface area contributed by atoms with Gasteiger partial charge in [0.2, 0.25) is 5.91 Å².